The van der Waals surface area contributed by atoms with Crippen LogP contribution in [0.5, 0.6) is 0 Å². The Hall–Kier alpha value is -1.85. The van der Waals surface area contributed by atoms with E-state index in [4.69, 9.17) is 10.9 Å². The van der Waals surface area contributed by atoms with Crippen molar-refractivity contribution in [3.63, 3.8) is 0 Å². The van der Waals surface area contributed by atoms with E-state index in [1.807, 2.05) is 0 Å². The Morgan fingerprint density at radius 1 is 1.44 bits per heavy atom. The van der Waals surface area contributed by atoms with Gasteiger partial charge in [-0.1, -0.05) is 18.0 Å². The third kappa shape index (κ3) is 2.37. The lowest BCUT2D eigenvalue weighted by Gasteiger charge is -2.29. The van der Waals surface area contributed by atoms with Gasteiger partial charge >= 0.3 is 0 Å². The summed E-state index contributed by atoms with van der Waals surface area (Å²) in [6.45, 7) is 2.93. The number of oxime groups is 1. The first-order valence-corrected chi connectivity index (χ1v) is 6.33. The standard InChI is InChI=1S/C12H19N5O/c1-2-17(9-5-3-4-6-9)12-10(11(13)16-18)14-7-8-15-12/h7-9,18H,2-6H2,1H3,(H2,13,16). The average molecular weight is 249 g/mol. The molecule has 0 amide bonds. The van der Waals surface area contributed by atoms with E-state index in [2.05, 4.69) is 26.9 Å². The Kier molecular flexibility index (Phi) is 3.96. The number of nitrogens with zero attached hydrogens (tertiary/aromatic N) is 4. The number of amidine groups is 1. The Morgan fingerprint density at radius 3 is 2.72 bits per heavy atom. The molecule has 1 aliphatic carbocycles. The van der Waals surface area contributed by atoms with E-state index >= 15 is 0 Å². The van der Waals surface area contributed by atoms with Gasteiger partial charge in [0.2, 0.25) is 0 Å². The van der Waals surface area contributed by atoms with Gasteiger partial charge in [0.1, 0.15) is 0 Å². The zero-order valence-electron chi connectivity index (χ0n) is 10.6. The molecule has 6 nitrogen and oxygen atoms in total. The molecule has 1 saturated carbocycles. The van der Waals surface area contributed by atoms with Crippen molar-refractivity contribution in [2.75, 3.05) is 11.4 Å². The molecule has 0 aliphatic heterocycles. The van der Waals surface area contributed by atoms with Gasteiger partial charge in [-0.25, -0.2) is 9.97 Å². The fourth-order valence-electron chi connectivity index (χ4n) is 2.57. The molecule has 2 rings (SSSR count). The molecule has 1 aliphatic rings. The van der Waals surface area contributed by atoms with Crippen LogP contribution in [0, 0.1) is 0 Å². The van der Waals surface area contributed by atoms with E-state index < -0.39 is 0 Å². The van der Waals surface area contributed by atoms with Gasteiger partial charge in [0, 0.05) is 25.0 Å². The topological polar surface area (TPSA) is 87.6 Å². The Morgan fingerprint density at radius 2 is 2.11 bits per heavy atom. The largest absolute Gasteiger partial charge is 0.409 e. The van der Waals surface area contributed by atoms with E-state index in [-0.39, 0.29) is 5.84 Å². The highest BCUT2D eigenvalue weighted by Gasteiger charge is 2.25. The fourth-order valence-corrected chi connectivity index (χ4v) is 2.57. The molecule has 0 radical (unpaired) electrons. The summed E-state index contributed by atoms with van der Waals surface area (Å²) >= 11 is 0. The molecule has 1 aromatic heterocycles. The molecule has 3 N–H and O–H groups in total. The lowest BCUT2D eigenvalue weighted by atomic mass is 10.2. The summed E-state index contributed by atoms with van der Waals surface area (Å²) in [7, 11) is 0. The molecular weight excluding hydrogens is 230 g/mol. The minimum Gasteiger partial charge on any atom is -0.409 e. The van der Waals surface area contributed by atoms with Crippen molar-refractivity contribution in [1.82, 2.24) is 9.97 Å². The smallest absolute Gasteiger partial charge is 0.192 e. The maximum absolute atomic E-state index is 8.81. The Bertz CT molecular complexity index is 428. The third-order valence-electron chi connectivity index (χ3n) is 3.41. The quantitative estimate of drug-likeness (QED) is 0.364. The van der Waals surface area contributed by atoms with Crippen molar-refractivity contribution in [3.05, 3.63) is 18.1 Å². The zero-order valence-corrected chi connectivity index (χ0v) is 10.6. The van der Waals surface area contributed by atoms with Crippen molar-refractivity contribution in [2.45, 2.75) is 38.6 Å². The number of rotatable bonds is 4. The monoisotopic (exact) mass is 249 g/mol. The second-order valence-electron chi connectivity index (χ2n) is 4.44. The summed E-state index contributed by atoms with van der Waals surface area (Å²) in [5.74, 6) is 0.719. The summed E-state index contributed by atoms with van der Waals surface area (Å²) < 4.78 is 0. The van der Waals surface area contributed by atoms with Crippen LogP contribution in [0.2, 0.25) is 0 Å². The summed E-state index contributed by atoms with van der Waals surface area (Å²) in [5, 5.41) is 11.8. The molecule has 1 fully saturated rings. The van der Waals surface area contributed by atoms with Gasteiger partial charge in [0.25, 0.3) is 0 Å². The lowest BCUT2D eigenvalue weighted by Crippen LogP contribution is -2.36. The molecule has 1 aromatic rings. The molecule has 6 heteroatoms. The van der Waals surface area contributed by atoms with Crippen LogP contribution in [0.4, 0.5) is 5.82 Å². The minimum absolute atomic E-state index is 0.00884. The Labute approximate surface area is 107 Å². The highest BCUT2D eigenvalue weighted by Crippen LogP contribution is 2.28. The van der Waals surface area contributed by atoms with Crippen LogP contribution in [-0.2, 0) is 0 Å². The molecule has 0 unspecified atom stereocenters. The molecule has 0 spiro atoms. The second kappa shape index (κ2) is 5.66. The highest BCUT2D eigenvalue weighted by atomic mass is 16.4. The Balaban J connectivity index is 2.35. The van der Waals surface area contributed by atoms with Gasteiger partial charge in [-0.3, -0.25) is 0 Å². The maximum Gasteiger partial charge on any atom is 0.192 e. The summed E-state index contributed by atoms with van der Waals surface area (Å²) in [6, 6.07) is 0.483. The summed E-state index contributed by atoms with van der Waals surface area (Å²) in [6.07, 6.45) is 8.03. The van der Waals surface area contributed by atoms with E-state index in [0.29, 0.717) is 17.6 Å². The summed E-state index contributed by atoms with van der Waals surface area (Å²) in [5.41, 5.74) is 6.11. The second-order valence-corrected chi connectivity index (χ2v) is 4.44. The first kappa shape index (κ1) is 12.6. The molecule has 98 valence electrons. The van der Waals surface area contributed by atoms with Crippen LogP contribution in [0.15, 0.2) is 17.5 Å². The lowest BCUT2D eigenvalue weighted by molar-refractivity contribution is 0.318. The number of aromatic nitrogens is 2. The van der Waals surface area contributed by atoms with Crippen molar-refractivity contribution in [2.24, 2.45) is 10.9 Å². The predicted octanol–water partition coefficient (Wildman–Crippen LogP) is 1.34. The van der Waals surface area contributed by atoms with Crippen LogP contribution < -0.4 is 10.6 Å². The van der Waals surface area contributed by atoms with E-state index in [9.17, 15) is 0 Å². The van der Waals surface area contributed by atoms with Crippen molar-refractivity contribution >= 4 is 11.7 Å². The van der Waals surface area contributed by atoms with E-state index in [1.165, 1.54) is 25.7 Å². The molecule has 18 heavy (non-hydrogen) atoms. The molecule has 0 saturated heterocycles. The molecule has 0 bridgehead atoms. The fraction of sp³-hybridized carbons (Fsp3) is 0.583. The van der Waals surface area contributed by atoms with E-state index in [0.717, 1.165) is 6.54 Å². The summed E-state index contributed by atoms with van der Waals surface area (Å²) in [4.78, 5) is 10.7. The SMILES string of the molecule is CCN(c1nccnc1/C(N)=N/O)C1CCCC1. The van der Waals surface area contributed by atoms with Crippen molar-refractivity contribution in [3.8, 4) is 0 Å². The maximum atomic E-state index is 8.81. The van der Waals surface area contributed by atoms with Gasteiger partial charge in [0.05, 0.1) is 0 Å². The highest BCUT2D eigenvalue weighted by molar-refractivity contribution is 5.99. The molecular formula is C12H19N5O. The van der Waals surface area contributed by atoms with Gasteiger partial charge < -0.3 is 15.8 Å². The van der Waals surface area contributed by atoms with Crippen LogP contribution in [-0.4, -0.2) is 33.6 Å². The average Bonchev–Trinajstić information content (AvgIpc) is 2.93. The third-order valence-corrected chi connectivity index (χ3v) is 3.41. The van der Waals surface area contributed by atoms with Crippen molar-refractivity contribution in [1.29, 1.82) is 0 Å². The van der Waals surface area contributed by atoms with Gasteiger partial charge in [-0.2, -0.15) is 0 Å². The minimum atomic E-state index is 0.00884. The first-order chi connectivity index (χ1) is 8.77. The van der Waals surface area contributed by atoms with Crippen LogP contribution in [0.1, 0.15) is 38.3 Å². The van der Waals surface area contributed by atoms with Gasteiger partial charge in [-0.05, 0) is 19.8 Å². The molecule has 0 aromatic carbocycles. The predicted molar refractivity (Wildman–Crippen MR) is 69.8 cm³/mol. The zero-order chi connectivity index (χ0) is 13.0. The van der Waals surface area contributed by atoms with Gasteiger partial charge in [0.15, 0.2) is 17.3 Å². The first-order valence-electron chi connectivity index (χ1n) is 6.33. The van der Waals surface area contributed by atoms with Crippen LogP contribution in [0.25, 0.3) is 0 Å². The number of hydrogen-bond donors (Lipinski definition) is 2. The normalized spacial score (nSPS) is 17.1. The van der Waals surface area contributed by atoms with Gasteiger partial charge in [-0.15, -0.1) is 0 Å². The van der Waals surface area contributed by atoms with Crippen molar-refractivity contribution < 1.29 is 5.21 Å². The number of hydrogen-bond acceptors (Lipinski definition) is 5. The molecule has 0 atom stereocenters. The van der Waals surface area contributed by atoms with Crippen LogP contribution >= 0.6 is 0 Å². The number of anilines is 1. The number of nitrogens with two attached hydrogens (primary N) is 1. The molecule has 1 heterocycles. The van der Waals surface area contributed by atoms with E-state index in [1.54, 1.807) is 12.4 Å². The van der Waals surface area contributed by atoms with Crippen LogP contribution in [0.3, 0.4) is 0 Å².